The van der Waals surface area contributed by atoms with Gasteiger partial charge in [-0.1, -0.05) is 18.2 Å². The molecule has 1 aromatic carbocycles. The van der Waals surface area contributed by atoms with Crippen LogP contribution < -0.4 is 5.32 Å². The molecule has 1 aliphatic rings. The molecule has 4 nitrogen and oxygen atoms in total. The van der Waals surface area contributed by atoms with E-state index in [1.165, 1.54) is 6.07 Å². The number of halogens is 3. The van der Waals surface area contributed by atoms with Gasteiger partial charge in [-0.15, -0.1) is 0 Å². The van der Waals surface area contributed by atoms with Crippen LogP contribution >= 0.6 is 0 Å². The van der Waals surface area contributed by atoms with Crippen molar-refractivity contribution in [3.63, 3.8) is 0 Å². The Labute approximate surface area is 112 Å². The molecule has 0 saturated heterocycles. The quantitative estimate of drug-likeness (QED) is 0.896. The average molecular weight is 287 g/mol. The molecule has 1 aliphatic carbocycles. The molecule has 2 N–H and O–H groups in total. The fourth-order valence-corrected chi connectivity index (χ4v) is 2.30. The van der Waals surface area contributed by atoms with Gasteiger partial charge in [0.2, 0.25) is 0 Å². The molecular weight excluding hydrogens is 275 g/mol. The molecule has 7 heteroatoms. The zero-order chi connectivity index (χ0) is 14.9. The van der Waals surface area contributed by atoms with Crippen molar-refractivity contribution < 1.29 is 27.9 Å². The minimum Gasteiger partial charge on any atom is -0.478 e. The molecule has 0 bridgehead atoms. The number of rotatable bonds is 3. The Hall–Kier alpha value is -2.05. The Morgan fingerprint density at radius 2 is 1.80 bits per heavy atom. The largest absolute Gasteiger partial charge is 0.478 e. The van der Waals surface area contributed by atoms with Crippen LogP contribution in [0.5, 0.6) is 0 Å². The highest BCUT2D eigenvalue weighted by Gasteiger charge is 2.42. The Morgan fingerprint density at radius 3 is 2.35 bits per heavy atom. The van der Waals surface area contributed by atoms with Crippen molar-refractivity contribution in [1.29, 1.82) is 0 Å². The predicted octanol–water partition coefficient (Wildman–Crippen LogP) is 2.31. The number of benzene rings is 1. The summed E-state index contributed by atoms with van der Waals surface area (Å²) in [5, 5.41) is 10.9. The van der Waals surface area contributed by atoms with E-state index in [9.17, 15) is 22.8 Å². The summed E-state index contributed by atoms with van der Waals surface area (Å²) in [5.74, 6) is -3.16. The van der Waals surface area contributed by atoms with Crippen LogP contribution in [0.4, 0.5) is 13.2 Å². The predicted molar refractivity (Wildman–Crippen MR) is 63.4 cm³/mol. The summed E-state index contributed by atoms with van der Waals surface area (Å²) < 4.78 is 36.2. The van der Waals surface area contributed by atoms with E-state index in [-0.39, 0.29) is 11.5 Å². The molecule has 1 aromatic rings. The number of aromatic carboxylic acids is 1. The summed E-state index contributed by atoms with van der Waals surface area (Å²) in [6.07, 6.45) is -4.26. The fraction of sp³-hybridized carbons (Fsp3) is 0.385. The molecule has 0 atom stereocenters. The first-order valence-corrected chi connectivity index (χ1v) is 5.99. The number of hydrogen-bond acceptors (Lipinski definition) is 2. The lowest BCUT2D eigenvalue weighted by Crippen LogP contribution is -2.48. The van der Waals surface area contributed by atoms with E-state index >= 15 is 0 Å². The highest BCUT2D eigenvalue weighted by atomic mass is 19.4. The van der Waals surface area contributed by atoms with Crippen LogP contribution in [0.25, 0.3) is 0 Å². The second-order valence-electron chi connectivity index (χ2n) is 4.73. The third-order valence-corrected chi connectivity index (χ3v) is 3.36. The molecule has 0 unspecified atom stereocenters. The minimum absolute atomic E-state index is 0.138. The van der Waals surface area contributed by atoms with E-state index in [1.807, 2.05) is 5.32 Å². The van der Waals surface area contributed by atoms with Crippen molar-refractivity contribution in [2.45, 2.75) is 31.0 Å². The van der Waals surface area contributed by atoms with Crippen molar-refractivity contribution in [2.24, 2.45) is 0 Å². The van der Waals surface area contributed by atoms with Gasteiger partial charge in [-0.3, -0.25) is 4.79 Å². The number of carboxylic acids is 1. The van der Waals surface area contributed by atoms with Gasteiger partial charge < -0.3 is 10.4 Å². The molecule has 0 heterocycles. The number of carboxylic acid groups (broad SMARTS) is 1. The maximum atomic E-state index is 12.1. The van der Waals surface area contributed by atoms with Crippen LogP contribution in [0, 0.1) is 0 Å². The van der Waals surface area contributed by atoms with E-state index in [4.69, 9.17) is 5.11 Å². The molecule has 20 heavy (non-hydrogen) atoms. The van der Waals surface area contributed by atoms with Gasteiger partial charge in [0.25, 0.3) is 0 Å². The maximum absolute atomic E-state index is 12.1. The monoisotopic (exact) mass is 287 g/mol. The van der Waals surface area contributed by atoms with Gasteiger partial charge in [0.1, 0.15) is 0 Å². The first-order chi connectivity index (χ1) is 9.29. The van der Waals surface area contributed by atoms with Gasteiger partial charge in [-0.05, 0) is 30.4 Å². The van der Waals surface area contributed by atoms with Crippen LogP contribution in [-0.4, -0.2) is 29.2 Å². The topological polar surface area (TPSA) is 66.4 Å². The van der Waals surface area contributed by atoms with Gasteiger partial charge in [0, 0.05) is 6.04 Å². The van der Waals surface area contributed by atoms with Crippen molar-refractivity contribution in [2.75, 3.05) is 0 Å². The molecule has 1 saturated carbocycles. The molecule has 0 spiro atoms. The van der Waals surface area contributed by atoms with E-state index < -0.39 is 24.1 Å². The standard InChI is InChI=1S/C13H12F3NO3/c14-13(15,16)12(20)17-8-5-7(6-8)9-3-1-2-4-10(9)11(18)19/h1-4,7-8H,5-6H2,(H,17,20)(H,18,19). The Bertz CT molecular complexity index is 536. The van der Waals surface area contributed by atoms with Crippen molar-refractivity contribution in [3.05, 3.63) is 35.4 Å². The number of hydrogen-bond donors (Lipinski definition) is 2. The molecule has 1 fully saturated rings. The van der Waals surface area contributed by atoms with Gasteiger partial charge in [-0.25, -0.2) is 4.79 Å². The van der Waals surface area contributed by atoms with Crippen LogP contribution in [-0.2, 0) is 4.79 Å². The second-order valence-corrected chi connectivity index (χ2v) is 4.73. The molecule has 0 aliphatic heterocycles. The third kappa shape index (κ3) is 2.92. The van der Waals surface area contributed by atoms with Crippen LogP contribution in [0.15, 0.2) is 24.3 Å². The lowest BCUT2D eigenvalue weighted by molar-refractivity contribution is -0.175. The van der Waals surface area contributed by atoms with Gasteiger partial charge in [0.15, 0.2) is 0 Å². The third-order valence-electron chi connectivity index (χ3n) is 3.36. The SMILES string of the molecule is O=C(O)c1ccccc1C1CC(NC(=O)C(F)(F)F)C1. The second kappa shape index (κ2) is 5.15. The highest BCUT2D eigenvalue weighted by molar-refractivity contribution is 5.89. The molecule has 2 rings (SSSR count). The number of carbonyl (C=O) groups is 2. The molecule has 108 valence electrons. The Kier molecular flexibility index (Phi) is 3.69. The highest BCUT2D eigenvalue weighted by Crippen LogP contribution is 2.38. The van der Waals surface area contributed by atoms with Crippen molar-refractivity contribution in [3.8, 4) is 0 Å². The summed E-state index contributed by atoms with van der Waals surface area (Å²) in [5.41, 5.74) is 0.746. The Morgan fingerprint density at radius 1 is 1.20 bits per heavy atom. The van der Waals surface area contributed by atoms with E-state index in [0.717, 1.165) is 0 Å². The summed E-state index contributed by atoms with van der Waals surface area (Å²) in [7, 11) is 0. The van der Waals surface area contributed by atoms with Crippen molar-refractivity contribution in [1.82, 2.24) is 5.32 Å². The van der Waals surface area contributed by atoms with E-state index in [2.05, 4.69) is 0 Å². The van der Waals surface area contributed by atoms with E-state index in [1.54, 1.807) is 18.2 Å². The maximum Gasteiger partial charge on any atom is 0.471 e. The summed E-state index contributed by atoms with van der Waals surface area (Å²) in [4.78, 5) is 21.8. The first kappa shape index (κ1) is 14.4. The average Bonchev–Trinajstić information content (AvgIpc) is 2.31. The molecule has 1 amide bonds. The zero-order valence-corrected chi connectivity index (χ0v) is 10.3. The zero-order valence-electron chi connectivity index (χ0n) is 10.3. The van der Waals surface area contributed by atoms with Gasteiger partial charge >= 0.3 is 18.1 Å². The number of alkyl halides is 3. The molecular formula is C13H12F3NO3. The first-order valence-electron chi connectivity index (χ1n) is 5.99. The minimum atomic E-state index is -4.88. The summed E-state index contributed by atoms with van der Waals surface area (Å²) in [6.45, 7) is 0. The normalized spacial score (nSPS) is 21.9. The summed E-state index contributed by atoms with van der Waals surface area (Å²) in [6, 6.07) is 5.82. The van der Waals surface area contributed by atoms with E-state index in [0.29, 0.717) is 18.4 Å². The van der Waals surface area contributed by atoms with Crippen LogP contribution in [0.1, 0.15) is 34.7 Å². The number of amides is 1. The van der Waals surface area contributed by atoms with Crippen LogP contribution in [0.3, 0.4) is 0 Å². The summed E-state index contributed by atoms with van der Waals surface area (Å²) >= 11 is 0. The molecule has 0 radical (unpaired) electrons. The lowest BCUT2D eigenvalue weighted by atomic mass is 9.74. The van der Waals surface area contributed by atoms with Crippen LogP contribution in [0.2, 0.25) is 0 Å². The van der Waals surface area contributed by atoms with Gasteiger partial charge in [-0.2, -0.15) is 13.2 Å². The lowest BCUT2D eigenvalue weighted by Gasteiger charge is -2.36. The fourth-order valence-electron chi connectivity index (χ4n) is 2.30. The Balaban J connectivity index is 1.98. The molecule has 0 aromatic heterocycles. The number of nitrogens with one attached hydrogen (secondary N) is 1. The smallest absolute Gasteiger partial charge is 0.471 e. The van der Waals surface area contributed by atoms with Crippen molar-refractivity contribution >= 4 is 11.9 Å². The van der Waals surface area contributed by atoms with Gasteiger partial charge in [0.05, 0.1) is 5.56 Å². The number of carbonyl (C=O) groups excluding carboxylic acids is 1.